The Labute approximate surface area is 101 Å². The Hall–Kier alpha value is -1.20. The number of hydrogen-bond acceptors (Lipinski definition) is 5. The fourth-order valence-corrected chi connectivity index (χ4v) is 2.44. The number of aryl methyl sites for hydroxylation is 1. The van der Waals surface area contributed by atoms with Gasteiger partial charge in [0, 0.05) is 25.4 Å². The van der Waals surface area contributed by atoms with Gasteiger partial charge in [-0.05, 0) is 18.9 Å². The van der Waals surface area contributed by atoms with Crippen LogP contribution in [0.15, 0.2) is 12.4 Å². The Morgan fingerprint density at radius 2 is 1.94 bits per heavy atom. The van der Waals surface area contributed by atoms with E-state index in [4.69, 9.17) is 9.47 Å². The number of rotatable bonds is 1. The monoisotopic (exact) mass is 235 g/mol. The van der Waals surface area contributed by atoms with Crippen LogP contribution in [-0.4, -0.2) is 42.1 Å². The van der Waals surface area contributed by atoms with Crippen LogP contribution in [-0.2, 0) is 9.47 Å². The van der Waals surface area contributed by atoms with E-state index < -0.39 is 5.79 Å². The second-order valence-electron chi connectivity index (χ2n) is 4.69. The molecule has 0 amide bonds. The van der Waals surface area contributed by atoms with Crippen LogP contribution in [0.3, 0.4) is 0 Å². The van der Waals surface area contributed by atoms with Crippen molar-refractivity contribution in [2.75, 3.05) is 31.2 Å². The fraction of sp³-hybridized carbons (Fsp3) is 0.667. The molecular weight excluding hydrogens is 218 g/mol. The lowest BCUT2D eigenvalue weighted by Crippen LogP contribution is -2.49. The van der Waals surface area contributed by atoms with Gasteiger partial charge >= 0.3 is 0 Å². The summed E-state index contributed by atoms with van der Waals surface area (Å²) in [6, 6.07) is 0. The number of hydrogen-bond donors (Lipinski definition) is 0. The highest BCUT2D eigenvalue weighted by molar-refractivity contribution is 5.31. The zero-order valence-corrected chi connectivity index (χ0v) is 10.1. The summed E-state index contributed by atoms with van der Waals surface area (Å²) in [7, 11) is 0. The highest BCUT2D eigenvalue weighted by Crippen LogP contribution is 2.31. The van der Waals surface area contributed by atoms with Crippen molar-refractivity contribution in [3.8, 4) is 0 Å². The van der Waals surface area contributed by atoms with E-state index >= 15 is 0 Å². The van der Waals surface area contributed by atoms with E-state index in [1.165, 1.54) is 0 Å². The van der Waals surface area contributed by atoms with Crippen molar-refractivity contribution in [1.82, 2.24) is 9.97 Å². The quantitative estimate of drug-likeness (QED) is 0.730. The fourth-order valence-electron chi connectivity index (χ4n) is 2.44. The van der Waals surface area contributed by atoms with Gasteiger partial charge in [0.15, 0.2) is 5.79 Å². The minimum absolute atomic E-state index is 0.410. The normalized spacial score (nSPS) is 23.2. The summed E-state index contributed by atoms with van der Waals surface area (Å²) in [5, 5.41) is 0. The van der Waals surface area contributed by atoms with E-state index in [0.29, 0.717) is 13.2 Å². The Morgan fingerprint density at radius 3 is 2.65 bits per heavy atom. The Kier molecular flexibility index (Phi) is 2.72. The lowest BCUT2D eigenvalue weighted by Gasteiger charge is -2.38. The van der Waals surface area contributed by atoms with Crippen LogP contribution >= 0.6 is 0 Å². The molecule has 2 saturated heterocycles. The van der Waals surface area contributed by atoms with E-state index in [-0.39, 0.29) is 0 Å². The first kappa shape index (κ1) is 10.9. The second kappa shape index (κ2) is 4.23. The molecule has 3 heterocycles. The standard InChI is InChI=1S/C12H17N3O2/c1-10-7-13-11(14-8-10)15-4-2-3-12(9-15)16-5-6-17-12/h7-8H,2-6,9H2,1H3. The van der Waals surface area contributed by atoms with Gasteiger partial charge < -0.3 is 14.4 Å². The molecule has 1 aromatic rings. The predicted octanol–water partition coefficient (Wildman–Crippen LogP) is 1.13. The minimum Gasteiger partial charge on any atom is -0.346 e. The van der Waals surface area contributed by atoms with E-state index in [1.54, 1.807) is 0 Å². The number of aromatic nitrogens is 2. The zero-order chi connectivity index (χ0) is 11.7. The topological polar surface area (TPSA) is 47.5 Å². The molecule has 0 aliphatic carbocycles. The maximum absolute atomic E-state index is 5.74. The predicted molar refractivity (Wildman–Crippen MR) is 62.9 cm³/mol. The van der Waals surface area contributed by atoms with Gasteiger partial charge in [0.2, 0.25) is 5.95 Å². The highest BCUT2D eigenvalue weighted by Gasteiger charge is 2.41. The maximum atomic E-state index is 5.74. The molecule has 1 aromatic heterocycles. The third-order valence-corrected chi connectivity index (χ3v) is 3.28. The third kappa shape index (κ3) is 2.12. The van der Waals surface area contributed by atoms with Gasteiger partial charge in [0.05, 0.1) is 19.8 Å². The average molecular weight is 235 g/mol. The van der Waals surface area contributed by atoms with Crippen LogP contribution in [0, 0.1) is 6.92 Å². The molecule has 0 unspecified atom stereocenters. The van der Waals surface area contributed by atoms with Crippen LogP contribution in [0.1, 0.15) is 18.4 Å². The third-order valence-electron chi connectivity index (χ3n) is 3.28. The van der Waals surface area contributed by atoms with Crippen LogP contribution < -0.4 is 4.90 Å². The molecule has 5 heteroatoms. The van der Waals surface area contributed by atoms with Gasteiger partial charge in [0.25, 0.3) is 0 Å². The maximum Gasteiger partial charge on any atom is 0.225 e. The molecule has 1 spiro atoms. The summed E-state index contributed by atoms with van der Waals surface area (Å²) in [4.78, 5) is 10.9. The van der Waals surface area contributed by atoms with Crippen molar-refractivity contribution in [3.63, 3.8) is 0 Å². The van der Waals surface area contributed by atoms with Crippen molar-refractivity contribution in [1.29, 1.82) is 0 Å². The van der Waals surface area contributed by atoms with Crippen molar-refractivity contribution in [2.24, 2.45) is 0 Å². The molecule has 0 radical (unpaired) electrons. The molecule has 0 saturated carbocycles. The van der Waals surface area contributed by atoms with Gasteiger partial charge in [-0.2, -0.15) is 0 Å². The van der Waals surface area contributed by atoms with Gasteiger partial charge in [-0.3, -0.25) is 0 Å². The smallest absolute Gasteiger partial charge is 0.225 e. The van der Waals surface area contributed by atoms with Crippen LogP contribution in [0.2, 0.25) is 0 Å². The van der Waals surface area contributed by atoms with E-state index in [9.17, 15) is 0 Å². The summed E-state index contributed by atoms with van der Waals surface area (Å²) in [5.41, 5.74) is 1.08. The first-order valence-electron chi connectivity index (χ1n) is 6.09. The summed E-state index contributed by atoms with van der Waals surface area (Å²) >= 11 is 0. The van der Waals surface area contributed by atoms with E-state index in [1.807, 2.05) is 19.3 Å². The number of ether oxygens (including phenoxy) is 2. The minimum atomic E-state index is -0.410. The molecular formula is C12H17N3O2. The molecule has 2 aliphatic heterocycles. The van der Waals surface area contributed by atoms with Crippen LogP contribution in [0.4, 0.5) is 5.95 Å². The van der Waals surface area contributed by atoms with Gasteiger partial charge in [-0.15, -0.1) is 0 Å². The van der Waals surface area contributed by atoms with Crippen LogP contribution in [0.25, 0.3) is 0 Å². The van der Waals surface area contributed by atoms with E-state index in [2.05, 4.69) is 14.9 Å². The van der Waals surface area contributed by atoms with Crippen molar-refractivity contribution in [3.05, 3.63) is 18.0 Å². The molecule has 0 bridgehead atoms. The first-order chi connectivity index (χ1) is 8.27. The molecule has 3 rings (SSSR count). The lowest BCUT2D eigenvalue weighted by atomic mass is 10.1. The van der Waals surface area contributed by atoms with E-state index in [0.717, 1.165) is 37.4 Å². The lowest BCUT2D eigenvalue weighted by molar-refractivity contribution is -0.161. The molecule has 0 atom stereocenters. The van der Waals surface area contributed by atoms with Crippen molar-refractivity contribution in [2.45, 2.75) is 25.6 Å². The zero-order valence-electron chi connectivity index (χ0n) is 10.1. The van der Waals surface area contributed by atoms with Crippen molar-refractivity contribution < 1.29 is 9.47 Å². The van der Waals surface area contributed by atoms with Crippen LogP contribution in [0.5, 0.6) is 0 Å². The largest absolute Gasteiger partial charge is 0.346 e. The van der Waals surface area contributed by atoms with Gasteiger partial charge in [-0.25, -0.2) is 9.97 Å². The average Bonchev–Trinajstić information content (AvgIpc) is 2.78. The number of nitrogens with zero attached hydrogens (tertiary/aromatic N) is 3. The summed E-state index contributed by atoms with van der Waals surface area (Å²) in [5.74, 6) is 0.362. The second-order valence-corrected chi connectivity index (χ2v) is 4.69. The summed E-state index contributed by atoms with van der Waals surface area (Å²) in [6.45, 7) is 5.09. The molecule has 92 valence electrons. The Bertz CT molecular complexity index is 387. The molecule has 0 aromatic carbocycles. The molecule has 2 fully saturated rings. The molecule has 5 nitrogen and oxygen atoms in total. The summed E-state index contributed by atoms with van der Waals surface area (Å²) < 4.78 is 11.5. The molecule has 0 N–H and O–H groups in total. The molecule has 2 aliphatic rings. The van der Waals surface area contributed by atoms with Crippen molar-refractivity contribution >= 4 is 5.95 Å². The Balaban J connectivity index is 1.77. The molecule has 17 heavy (non-hydrogen) atoms. The Morgan fingerprint density at radius 1 is 1.24 bits per heavy atom. The number of anilines is 1. The first-order valence-corrected chi connectivity index (χ1v) is 6.09. The summed E-state index contributed by atoms with van der Waals surface area (Å²) in [6.07, 6.45) is 5.71. The number of piperidine rings is 1. The van der Waals surface area contributed by atoms with Gasteiger partial charge in [0.1, 0.15) is 0 Å². The highest BCUT2D eigenvalue weighted by atomic mass is 16.7. The SMILES string of the molecule is Cc1cnc(N2CCCC3(C2)OCCO3)nc1. The van der Waals surface area contributed by atoms with Gasteiger partial charge in [-0.1, -0.05) is 0 Å².